The van der Waals surface area contributed by atoms with Crippen molar-refractivity contribution in [3.8, 4) is 22.3 Å². The molecule has 0 atom stereocenters. The Morgan fingerprint density at radius 2 is 1.38 bits per heavy atom. The predicted octanol–water partition coefficient (Wildman–Crippen LogP) is 11.2. The minimum Gasteiger partial charge on any atom is -0.455 e. The molecule has 206 valence electrons. The molecule has 1 saturated carbocycles. The van der Waals surface area contributed by atoms with Crippen LogP contribution < -0.4 is 5.32 Å². The van der Waals surface area contributed by atoms with Crippen LogP contribution in [0.2, 0.25) is 0 Å². The van der Waals surface area contributed by atoms with E-state index in [1.54, 1.807) is 11.1 Å². The maximum absolute atomic E-state index is 6.88. The van der Waals surface area contributed by atoms with Crippen molar-refractivity contribution in [3.05, 3.63) is 119 Å². The van der Waals surface area contributed by atoms with Gasteiger partial charge in [-0.3, -0.25) is 0 Å². The highest BCUT2D eigenvalue weighted by molar-refractivity contribution is 6.13. The molecule has 0 amide bonds. The zero-order chi connectivity index (χ0) is 28.2. The summed E-state index contributed by atoms with van der Waals surface area (Å²) >= 11 is 0. The number of anilines is 2. The fourth-order valence-electron chi connectivity index (χ4n) is 8.49. The van der Waals surface area contributed by atoms with Crippen LogP contribution in [0, 0.1) is 0 Å². The first-order chi connectivity index (χ1) is 20.4. The van der Waals surface area contributed by atoms with E-state index in [9.17, 15) is 0 Å². The molecule has 1 N–H and O–H groups in total. The van der Waals surface area contributed by atoms with Crippen molar-refractivity contribution in [2.75, 3.05) is 5.32 Å². The lowest BCUT2D eigenvalue weighted by molar-refractivity contribution is 0.280. The maximum Gasteiger partial charge on any atom is 0.143 e. The molecule has 2 heteroatoms. The number of benzene rings is 5. The molecular formula is C40H35NO. The van der Waals surface area contributed by atoms with E-state index in [1.807, 2.05) is 0 Å². The Kier molecular flexibility index (Phi) is 4.85. The van der Waals surface area contributed by atoms with Crippen molar-refractivity contribution in [3.63, 3.8) is 0 Å². The van der Waals surface area contributed by atoms with Gasteiger partial charge < -0.3 is 9.73 Å². The largest absolute Gasteiger partial charge is 0.455 e. The SMILES string of the molecule is CC(C)(C)c1ccc2c(c1)C13CCC(CC1)c1c(-c4cccc5c4oc4c(-c6ccccc6)cccc45)ccc(c13)N2. The molecule has 2 heterocycles. The number of fused-ring (bicyclic) bond motifs is 6. The highest BCUT2D eigenvalue weighted by atomic mass is 16.3. The van der Waals surface area contributed by atoms with E-state index in [2.05, 4.69) is 123 Å². The summed E-state index contributed by atoms with van der Waals surface area (Å²) in [4.78, 5) is 0. The Bertz CT molecular complexity index is 2050. The molecule has 1 fully saturated rings. The Morgan fingerprint density at radius 3 is 2.12 bits per heavy atom. The van der Waals surface area contributed by atoms with Crippen LogP contribution >= 0.6 is 0 Å². The van der Waals surface area contributed by atoms with Crippen LogP contribution in [0.25, 0.3) is 44.2 Å². The first kappa shape index (κ1) is 24.3. The van der Waals surface area contributed by atoms with E-state index < -0.39 is 0 Å². The van der Waals surface area contributed by atoms with E-state index in [0.717, 1.165) is 16.7 Å². The smallest absolute Gasteiger partial charge is 0.143 e. The van der Waals surface area contributed by atoms with Crippen LogP contribution in [0.15, 0.2) is 101 Å². The van der Waals surface area contributed by atoms with E-state index in [0.29, 0.717) is 5.92 Å². The minimum absolute atomic E-state index is 0.0829. The molecule has 5 aromatic carbocycles. The van der Waals surface area contributed by atoms with Gasteiger partial charge in [0.05, 0.1) is 0 Å². The summed E-state index contributed by atoms with van der Waals surface area (Å²) in [5, 5.41) is 6.25. The van der Waals surface area contributed by atoms with Crippen molar-refractivity contribution in [2.45, 2.75) is 63.2 Å². The fourth-order valence-corrected chi connectivity index (χ4v) is 8.49. The van der Waals surface area contributed by atoms with Gasteiger partial charge in [0.15, 0.2) is 0 Å². The molecule has 1 spiro atoms. The standard InChI is InChI=1S/C40H35NO/c1-39(2,3)26-15-17-33-32(23-26)40-21-19-25(20-22-40)35-28(16-18-34(41-33)36(35)40)29-12-8-14-31-30-13-7-11-27(37(30)42-38(29)31)24-9-5-4-6-10-24/h4-18,23,25,41H,19-22H2,1-3H3. The Hall–Kier alpha value is -4.30. The summed E-state index contributed by atoms with van der Waals surface area (Å²) in [6.07, 6.45) is 4.96. The van der Waals surface area contributed by atoms with Crippen LogP contribution in [0.4, 0.5) is 11.4 Å². The zero-order valence-corrected chi connectivity index (χ0v) is 24.6. The third kappa shape index (κ3) is 3.21. The Balaban J connectivity index is 1.29. The summed E-state index contributed by atoms with van der Waals surface area (Å²) < 4.78 is 6.88. The molecule has 3 aliphatic carbocycles. The van der Waals surface area contributed by atoms with Gasteiger partial charge in [-0.05, 0) is 82.5 Å². The fraction of sp³-hybridized carbons (Fsp3) is 0.250. The molecule has 0 radical (unpaired) electrons. The molecule has 2 bridgehead atoms. The summed E-state index contributed by atoms with van der Waals surface area (Å²) in [6.45, 7) is 6.99. The third-order valence-corrected chi connectivity index (χ3v) is 10.5. The maximum atomic E-state index is 6.88. The molecule has 0 saturated heterocycles. The number of hydrogen-bond acceptors (Lipinski definition) is 2. The summed E-state index contributed by atoms with van der Waals surface area (Å²) in [7, 11) is 0. The molecule has 0 unspecified atom stereocenters. The van der Waals surface area contributed by atoms with Crippen molar-refractivity contribution in [1.29, 1.82) is 0 Å². The van der Waals surface area contributed by atoms with Crippen LogP contribution in [0.1, 0.15) is 74.6 Å². The number of para-hydroxylation sites is 2. The third-order valence-electron chi connectivity index (χ3n) is 10.5. The van der Waals surface area contributed by atoms with Crippen molar-refractivity contribution >= 4 is 33.3 Å². The molecule has 2 nitrogen and oxygen atoms in total. The molecular weight excluding hydrogens is 510 g/mol. The van der Waals surface area contributed by atoms with Crippen molar-refractivity contribution < 1.29 is 4.42 Å². The van der Waals surface area contributed by atoms with Crippen LogP contribution in [-0.4, -0.2) is 0 Å². The second-order valence-electron chi connectivity index (χ2n) is 13.8. The summed E-state index contributed by atoms with van der Waals surface area (Å²) in [6, 6.07) is 35.8. The lowest BCUT2D eigenvalue weighted by atomic mass is 9.52. The van der Waals surface area contributed by atoms with Gasteiger partial charge in [0.1, 0.15) is 11.2 Å². The monoisotopic (exact) mass is 545 g/mol. The van der Waals surface area contributed by atoms with E-state index >= 15 is 0 Å². The lowest BCUT2D eigenvalue weighted by Gasteiger charge is -2.53. The van der Waals surface area contributed by atoms with Gasteiger partial charge in [-0.1, -0.05) is 106 Å². The van der Waals surface area contributed by atoms with Crippen molar-refractivity contribution in [1.82, 2.24) is 0 Å². The van der Waals surface area contributed by atoms with Crippen LogP contribution in [0.5, 0.6) is 0 Å². The number of hydrogen-bond donors (Lipinski definition) is 1. The highest BCUT2D eigenvalue weighted by Gasteiger charge is 2.51. The van der Waals surface area contributed by atoms with Gasteiger partial charge in [0, 0.05) is 38.7 Å². The number of furan rings is 1. The number of rotatable bonds is 2. The second kappa shape index (κ2) is 8.38. The summed E-state index contributed by atoms with van der Waals surface area (Å²) in [5.74, 6) is 0.588. The van der Waals surface area contributed by atoms with Gasteiger partial charge in [-0.15, -0.1) is 0 Å². The van der Waals surface area contributed by atoms with Gasteiger partial charge in [0.25, 0.3) is 0 Å². The Morgan fingerprint density at radius 1 is 0.690 bits per heavy atom. The quantitative estimate of drug-likeness (QED) is 0.234. The van der Waals surface area contributed by atoms with Gasteiger partial charge >= 0.3 is 0 Å². The molecule has 6 aromatic rings. The van der Waals surface area contributed by atoms with Crippen LogP contribution in [0.3, 0.4) is 0 Å². The van der Waals surface area contributed by atoms with E-state index in [1.165, 1.54) is 75.6 Å². The minimum atomic E-state index is 0.0829. The first-order valence-electron chi connectivity index (χ1n) is 15.5. The van der Waals surface area contributed by atoms with E-state index in [4.69, 9.17) is 4.42 Å². The zero-order valence-electron chi connectivity index (χ0n) is 24.6. The predicted molar refractivity (Wildman–Crippen MR) is 175 cm³/mol. The second-order valence-corrected chi connectivity index (χ2v) is 13.8. The summed E-state index contributed by atoms with van der Waals surface area (Å²) in [5.41, 5.74) is 15.7. The molecule has 4 aliphatic rings. The van der Waals surface area contributed by atoms with Gasteiger partial charge in [0.2, 0.25) is 0 Å². The van der Waals surface area contributed by atoms with Crippen LogP contribution in [-0.2, 0) is 10.8 Å². The first-order valence-corrected chi connectivity index (χ1v) is 15.5. The van der Waals surface area contributed by atoms with Gasteiger partial charge in [-0.2, -0.15) is 0 Å². The topological polar surface area (TPSA) is 25.2 Å². The average Bonchev–Trinajstić information content (AvgIpc) is 3.41. The Labute approximate surface area is 247 Å². The molecule has 1 aromatic heterocycles. The highest BCUT2D eigenvalue weighted by Crippen LogP contribution is 2.64. The molecule has 42 heavy (non-hydrogen) atoms. The van der Waals surface area contributed by atoms with Gasteiger partial charge in [-0.25, -0.2) is 0 Å². The normalized spacial score (nSPS) is 20.4. The van der Waals surface area contributed by atoms with E-state index in [-0.39, 0.29) is 10.8 Å². The molecule has 1 aliphatic heterocycles. The molecule has 10 rings (SSSR count). The van der Waals surface area contributed by atoms with Crippen molar-refractivity contribution in [2.24, 2.45) is 0 Å². The average molecular weight is 546 g/mol. The number of nitrogens with one attached hydrogen (secondary N) is 1. The lowest BCUT2D eigenvalue weighted by Crippen LogP contribution is -2.42.